The second-order valence-corrected chi connectivity index (χ2v) is 6.74. The molecule has 1 aliphatic carbocycles. The van der Waals surface area contributed by atoms with Gasteiger partial charge in [-0.05, 0) is 50.6 Å². The summed E-state index contributed by atoms with van der Waals surface area (Å²) >= 11 is 0. The standard InChI is InChI=1S/C18H28N2/c1-14-6-8-15(9-7-14)17(19)11-13-20-12-10-16-4-2-3-5-18(16)20/h6-9,16-18H,2-5,10-13,19H2,1H3. The monoisotopic (exact) mass is 272 g/mol. The third-order valence-corrected chi connectivity index (χ3v) is 5.36. The van der Waals surface area contributed by atoms with Gasteiger partial charge in [0.05, 0.1) is 0 Å². The van der Waals surface area contributed by atoms with Gasteiger partial charge in [-0.1, -0.05) is 42.7 Å². The fourth-order valence-corrected chi connectivity index (χ4v) is 4.07. The molecule has 3 atom stereocenters. The lowest BCUT2D eigenvalue weighted by Gasteiger charge is -2.32. The van der Waals surface area contributed by atoms with Gasteiger partial charge >= 0.3 is 0 Å². The van der Waals surface area contributed by atoms with Crippen molar-refractivity contribution in [2.24, 2.45) is 11.7 Å². The second-order valence-electron chi connectivity index (χ2n) is 6.74. The molecule has 2 heteroatoms. The van der Waals surface area contributed by atoms with Gasteiger partial charge in [-0.2, -0.15) is 0 Å². The fraction of sp³-hybridized carbons (Fsp3) is 0.667. The van der Waals surface area contributed by atoms with E-state index in [9.17, 15) is 0 Å². The van der Waals surface area contributed by atoms with Crippen LogP contribution in [0.25, 0.3) is 0 Å². The van der Waals surface area contributed by atoms with Crippen molar-refractivity contribution in [3.05, 3.63) is 35.4 Å². The first-order chi connectivity index (χ1) is 9.74. The molecule has 3 unspecified atom stereocenters. The molecule has 0 amide bonds. The van der Waals surface area contributed by atoms with Crippen molar-refractivity contribution < 1.29 is 0 Å². The van der Waals surface area contributed by atoms with E-state index < -0.39 is 0 Å². The maximum Gasteiger partial charge on any atom is 0.0307 e. The summed E-state index contributed by atoms with van der Waals surface area (Å²) in [5.74, 6) is 0.986. The molecular weight excluding hydrogens is 244 g/mol. The van der Waals surface area contributed by atoms with Gasteiger partial charge < -0.3 is 10.6 Å². The minimum Gasteiger partial charge on any atom is -0.324 e. The number of aryl methyl sites for hydroxylation is 1. The van der Waals surface area contributed by atoms with E-state index in [4.69, 9.17) is 5.73 Å². The molecule has 110 valence electrons. The Morgan fingerprint density at radius 1 is 1.15 bits per heavy atom. The summed E-state index contributed by atoms with van der Waals surface area (Å²) < 4.78 is 0. The number of fused-ring (bicyclic) bond motifs is 1. The van der Waals surface area contributed by atoms with Gasteiger partial charge in [0.15, 0.2) is 0 Å². The molecule has 1 aliphatic heterocycles. The Bertz CT molecular complexity index is 426. The molecule has 3 rings (SSSR count). The first kappa shape index (κ1) is 14.1. The molecule has 2 aliphatic rings. The van der Waals surface area contributed by atoms with E-state index in [0.717, 1.165) is 18.4 Å². The second kappa shape index (κ2) is 6.28. The lowest BCUT2D eigenvalue weighted by Crippen LogP contribution is -2.36. The highest BCUT2D eigenvalue weighted by Crippen LogP contribution is 2.36. The average Bonchev–Trinajstić information content (AvgIpc) is 2.89. The molecule has 0 radical (unpaired) electrons. The molecule has 1 aromatic rings. The largest absolute Gasteiger partial charge is 0.324 e. The highest BCUT2D eigenvalue weighted by Gasteiger charge is 2.35. The zero-order valence-electron chi connectivity index (χ0n) is 12.7. The number of rotatable bonds is 4. The Balaban J connectivity index is 1.52. The molecule has 1 saturated heterocycles. The zero-order valence-corrected chi connectivity index (χ0v) is 12.7. The number of hydrogen-bond acceptors (Lipinski definition) is 2. The molecule has 2 fully saturated rings. The average molecular weight is 272 g/mol. The minimum absolute atomic E-state index is 0.193. The summed E-state index contributed by atoms with van der Waals surface area (Å²) in [7, 11) is 0. The van der Waals surface area contributed by atoms with E-state index in [2.05, 4.69) is 36.1 Å². The smallest absolute Gasteiger partial charge is 0.0307 e. The summed E-state index contributed by atoms with van der Waals surface area (Å²) in [5.41, 5.74) is 8.96. The lowest BCUT2D eigenvalue weighted by atomic mass is 9.85. The molecule has 2 nitrogen and oxygen atoms in total. The summed E-state index contributed by atoms with van der Waals surface area (Å²) in [6.07, 6.45) is 8.28. The molecule has 0 spiro atoms. The quantitative estimate of drug-likeness (QED) is 0.906. The molecule has 1 heterocycles. The van der Waals surface area contributed by atoms with Gasteiger partial charge in [0.25, 0.3) is 0 Å². The van der Waals surface area contributed by atoms with Crippen LogP contribution in [0.15, 0.2) is 24.3 Å². The van der Waals surface area contributed by atoms with E-state index in [1.807, 2.05) is 0 Å². The van der Waals surface area contributed by atoms with E-state index in [0.29, 0.717) is 0 Å². The fourth-order valence-electron chi connectivity index (χ4n) is 4.07. The van der Waals surface area contributed by atoms with Crippen molar-refractivity contribution in [2.75, 3.05) is 13.1 Å². The minimum atomic E-state index is 0.193. The number of nitrogens with two attached hydrogens (primary N) is 1. The van der Waals surface area contributed by atoms with Crippen molar-refractivity contribution in [1.82, 2.24) is 4.90 Å². The Kier molecular flexibility index (Phi) is 4.42. The van der Waals surface area contributed by atoms with Crippen molar-refractivity contribution in [2.45, 2.75) is 57.5 Å². The number of likely N-dealkylation sites (tertiary alicyclic amines) is 1. The van der Waals surface area contributed by atoms with E-state index in [1.54, 1.807) is 0 Å². The van der Waals surface area contributed by atoms with Crippen LogP contribution in [0.1, 0.15) is 55.7 Å². The molecule has 1 saturated carbocycles. The van der Waals surface area contributed by atoms with Crippen LogP contribution in [0.5, 0.6) is 0 Å². The number of benzene rings is 1. The van der Waals surface area contributed by atoms with E-state index >= 15 is 0 Å². The summed E-state index contributed by atoms with van der Waals surface area (Å²) in [6, 6.07) is 9.78. The van der Waals surface area contributed by atoms with Gasteiger partial charge in [-0.15, -0.1) is 0 Å². The van der Waals surface area contributed by atoms with Gasteiger partial charge in [0.1, 0.15) is 0 Å². The summed E-state index contributed by atoms with van der Waals surface area (Å²) in [6.45, 7) is 4.61. The van der Waals surface area contributed by atoms with Crippen molar-refractivity contribution >= 4 is 0 Å². The predicted molar refractivity (Wildman–Crippen MR) is 84.7 cm³/mol. The SMILES string of the molecule is Cc1ccc(C(N)CCN2CCC3CCCCC32)cc1. The van der Waals surface area contributed by atoms with Crippen LogP contribution in [0.3, 0.4) is 0 Å². The van der Waals surface area contributed by atoms with Crippen LogP contribution in [-0.2, 0) is 0 Å². The van der Waals surface area contributed by atoms with Crippen LogP contribution in [0.2, 0.25) is 0 Å². The first-order valence-electron chi connectivity index (χ1n) is 8.30. The molecule has 20 heavy (non-hydrogen) atoms. The third kappa shape index (κ3) is 3.07. The lowest BCUT2D eigenvalue weighted by molar-refractivity contribution is 0.178. The van der Waals surface area contributed by atoms with Crippen LogP contribution < -0.4 is 5.73 Å². The maximum atomic E-state index is 6.36. The first-order valence-corrected chi connectivity index (χ1v) is 8.30. The van der Waals surface area contributed by atoms with Crippen LogP contribution >= 0.6 is 0 Å². The molecule has 2 N–H and O–H groups in total. The highest BCUT2D eigenvalue weighted by atomic mass is 15.2. The normalized spacial score (nSPS) is 28.3. The Labute approximate surface area is 123 Å². The maximum absolute atomic E-state index is 6.36. The zero-order chi connectivity index (χ0) is 13.9. The van der Waals surface area contributed by atoms with Crippen molar-refractivity contribution in [1.29, 1.82) is 0 Å². The Morgan fingerprint density at radius 3 is 2.70 bits per heavy atom. The van der Waals surface area contributed by atoms with Gasteiger partial charge in [0, 0.05) is 18.6 Å². The van der Waals surface area contributed by atoms with Crippen LogP contribution in [-0.4, -0.2) is 24.0 Å². The molecule has 0 aromatic heterocycles. The van der Waals surface area contributed by atoms with Crippen LogP contribution in [0, 0.1) is 12.8 Å². The van der Waals surface area contributed by atoms with Crippen molar-refractivity contribution in [3.63, 3.8) is 0 Å². The van der Waals surface area contributed by atoms with Gasteiger partial charge in [0.2, 0.25) is 0 Å². The third-order valence-electron chi connectivity index (χ3n) is 5.36. The number of hydrogen-bond donors (Lipinski definition) is 1. The predicted octanol–water partition coefficient (Wildman–Crippen LogP) is 3.65. The van der Waals surface area contributed by atoms with E-state index in [-0.39, 0.29) is 6.04 Å². The molecule has 0 bridgehead atoms. The number of nitrogens with zero attached hydrogens (tertiary/aromatic N) is 1. The topological polar surface area (TPSA) is 29.3 Å². The van der Waals surface area contributed by atoms with Crippen molar-refractivity contribution in [3.8, 4) is 0 Å². The summed E-state index contributed by atoms with van der Waals surface area (Å²) in [4.78, 5) is 2.72. The Hall–Kier alpha value is -0.860. The molecule has 1 aromatic carbocycles. The van der Waals surface area contributed by atoms with E-state index in [1.165, 1.54) is 56.3 Å². The Morgan fingerprint density at radius 2 is 1.90 bits per heavy atom. The summed E-state index contributed by atoms with van der Waals surface area (Å²) in [5, 5.41) is 0. The van der Waals surface area contributed by atoms with Crippen LogP contribution in [0.4, 0.5) is 0 Å². The van der Waals surface area contributed by atoms with Gasteiger partial charge in [-0.3, -0.25) is 0 Å². The molecular formula is C18H28N2. The van der Waals surface area contributed by atoms with Gasteiger partial charge in [-0.25, -0.2) is 0 Å². The highest BCUT2D eigenvalue weighted by molar-refractivity contribution is 5.23.